The molecule has 0 spiro atoms. The van der Waals surface area contributed by atoms with E-state index in [0.717, 1.165) is 12.5 Å². The topological polar surface area (TPSA) is 49.3 Å². The zero-order chi connectivity index (χ0) is 14.3. The molecule has 1 atom stereocenters. The first-order chi connectivity index (χ1) is 9.00. The van der Waals surface area contributed by atoms with E-state index in [4.69, 9.17) is 5.11 Å². The number of halogens is 2. The number of carbonyl (C=O) groups is 1. The summed E-state index contributed by atoms with van der Waals surface area (Å²) in [5, 5.41) is 11.6. The molecule has 1 unspecified atom stereocenters. The van der Waals surface area contributed by atoms with Crippen LogP contribution in [0.15, 0.2) is 18.2 Å². The van der Waals surface area contributed by atoms with Gasteiger partial charge < -0.3 is 10.4 Å². The molecule has 0 aliphatic heterocycles. The van der Waals surface area contributed by atoms with Crippen molar-refractivity contribution in [2.45, 2.75) is 32.7 Å². The number of rotatable bonds is 8. The van der Waals surface area contributed by atoms with Crippen LogP contribution in [0, 0.1) is 17.6 Å². The number of carboxylic acid groups (broad SMARTS) is 1. The summed E-state index contributed by atoms with van der Waals surface area (Å²) in [6.45, 7) is 2.90. The van der Waals surface area contributed by atoms with E-state index in [1.54, 1.807) is 6.07 Å². The van der Waals surface area contributed by atoms with Gasteiger partial charge in [0, 0.05) is 18.5 Å². The third-order valence-corrected chi connectivity index (χ3v) is 3.01. The molecule has 0 bridgehead atoms. The van der Waals surface area contributed by atoms with Gasteiger partial charge in [-0.05, 0) is 31.4 Å². The van der Waals surface area contributed by atoms with Gasteiger partial charge in [0.25, 0.3) is 0 Å². The molecule has 1 aromatic carbocycles. The van der Waals surface area contributed by atoms with E-state index >= 15 is 0 Å². The van der Waals surface area contributed by atoms with Crippen LogP contribution in [0.3, 0.4) is 0 Å². The minimum atomic E-state index is -0.839. The van der Waals surface area contributed by atoms with Crippen LogP contribution in [0.25, 0.3) is 0 Å². The second-order valence-electron chi connectivity index (χ2n) is 4.72. The van der Waals surface area contributed by atoms with Crippen molar-refractivity contribution >= 4 is 5.97 Å². The summed E-state index contributed by atoms with van der Waals surface area (Å²) in [5.41, 5.74) is 0.304. The Morgan fingerprint density at radius 2 is 2.11 bits per heavy atom. The SMILES string of the molecule is CC(CCNCc1cccc(F)c1F)CCC(=O)O. The molecule has 2 N–H and O–H groups in total. The molecular weight excluding hydrogens is 252 g/mol. The van der Waals surface area contributed by atoms with E-state index in [9.17, 15) is 13.6 Å². The first-order valence-corrected chi connectivity index (χ1v) is 6.36. The minimum absolute atomic E-state index is 0.166. The Hall–Kier alpha value is -1.49. The number of hydrogen-bond donors (Lipinski definition) is 2. The van der Waals surface area contributed by atoms with Crippen molar-refractivity contribution < 1.29 is 18.7 Å². The van der Waals surface area contributed by atoms with Gasteiger partial charge in [0.1, 0.15) is 0 Å². The summed E-state index contributed by atoms with van der Waals surface area (Å²) in [6, 6.07) is 4.11. The summed E-state index contributed by atoms with van der Waals surface area (Å²) in [7, 11) is 0. The van der Waals surface area contributed by atoms with Crippen molar-refractivity contribution in [3.8, 4) is 0 Å². The minimum Gasteiger partial charge on any atom is -0.481 e. The largest absolute Gasteiger partial charge is 0.481 e. The molecule has 5 heteroatoms. The summed E-state index contributed by atoms with van der Waals surface area (Å²) < 4.78 is 26.3. The lowest BCUT2D eigenvalue weighted by atomic mass is 10.0. The van der Waals surface area contributed by atoms with Crippen LogP contribution in [0.4, 0.5) is 8.78 Å². The molecule has 0 amide bonds. The van der Waals surface area contributed by atoms with Crippen LogP contribution >= 0.6 is 0 Å². The molecule has 3 nitrogen and oxygen atoms in total. The predicted molar refractivity (Wildman–Crippen MR) is 68.7 cm³/mol. The fraction of sp³-hybridized carbons (Fsp3) is 0.500. The maximum Gasteiger partial charge on any atom is 0.303 e. The third kappa shape index (κ3) is 5.79. The second kappa shape index (κ2) is 7.84. The highest BCUT2D eigenvalue weighted by Gasteiger charge is 2.08. The normalized spacial score (nSPS) is 12.4. The van der Waals surface area contributed by atoms with Crippen LogP contribution in [0.1, 0.15) is 31.7 Å². The number of benzene rings is 1. The molecule has 0 aliphatic rings. The van der Waals surface area contributed by atoms with E-state index in [-0.39, 0.29) is 13.0 Å². The van der Waals surface area contributed by atoms with Gasteiger partial charge in [-0.2, -0.15) is 0 Å². The average molecular weight is 271 g/mol. The summed E-state index contributed by atoms with van der Waals surface area (Å²) >= 11 is 0. The molecule has 0 saturated carbocycles. The molecule has 0 saturated heterocycles. The van der Waals surface area contributed by atoms with Gasteiger partial charge in [0.05, 0.1) is 0 Å². The first-order valence-electron chi connectivity index (χ1n) is 6.36. The van der Waals surface area contributed by atoms with Gasteiger partial charge in [0.15, 0.2) is 11.6 Å². The molecule has 1 aromatic rings. The highest BCUT2D eigenvalue weighted by atomic mass is 19.2. The van der Waals surface area contributed by atoms with Crippen molar-refractivity contribution in [1.82, 2.24) is 5.32 Å². The Balaban J connectivity index is 2.23. The molecule has 106 valence electrons. The van der Waals surface area contributed by atoms with E-state index in [1.165, 1.54) is 6.07 Å². The van der Waals surface area contributed by atoms with Crippen molar-refractivity contribution in [2.24, 2.45) is 5.92 Å². The van der Waals surface area contributed by atoms with Gasteiger partial charge in [-0.1, -0.05) is 19.1 Å². The summed E-state index contributed by atoms with van der Waals surface area (Å²) in [5.74, 6) is -2.15. The fourth-order valence-corrected chi connectivity index (χ4v) is 1.77. The highest BCUT2D eigenvalue weighted by molar-refractivity contribution is 5.66. The van der Waals surface area contributed by atoms with Crippen LogP contribution in [-0.2, 0) is 11.3 Å². The smallest absolute Gasteiger partial charge is 0.303 e. The molecule has 0 fully saturated rings. The molecule has 0 aliphatic carbocycles. The Bertz CT molecular complexity index is 424. The Morgan fingerprint density at radius 1 is 1.37 bits per heavy atom. The van der Waals surface area contributed by atoms with Crippen LogP contribution in [0.2, 0.25) is 0 Å². The maximum atomic E-state index is 13.3. The Morgan fingerprint density at radius 3 is 2.79 bits per heavy atom. The first kappa shape index (κ1) is 15.6. The van der Waals surface area contributed by atoms with Crippen molar-refractivity contribution in [1.29, 1.82) is 0 Å². The number of nitrogens with one attached hydrogen (secondary N) is 1. The molecule has 0 radical (unpaired) electrons. The van der Waals surface area contributed by atoms with E-state index in [0.29, 0.717) is 24.4 Å². The summed E-state index contributed by atoms with van der Waals surface area (Å²) in [6.07, 6.45) is 1.61. The number of hydrogen-bond acceptors (Lipinski definition) is 2. The van der Waals surface area contributed by atoms with Crippen LogP contribution in [-0.4, -0.2) is 17.6 Å². The lowest BCUT2D eigenvalue weighted by molar-refractivity contribution is -0.137. The lowest BCUT2D eigenvalue weighted by Crippen LogP contribution is -2.18. The monoisotopic (exact) mass is 271 g/mol. The molecule has 0 heterocycles. The average Bonchev–Trinajstić information content (AvgIpc) is 2.37. The number of aliphatic carboxylic acids is 1. The molecule has 1 rings (SSSR count). The highest BCUT2D eigenvalue weighted by Crippen LogP contribution is 2.12. The van der Waals surface area contributed by atoms with Gasteiger partial charge >= 0.3 is 5.97 Å². The van der Waals surface area contributed by atoms with Gasteiger partial charge in [-0.3, -0.25) is 4.79 Å². The van der Waals surface area contributed by atoms with E-state index < -0.39 is 17.6 Å². The van der Waals surface area contributed by atoms with Crippen molar-refractivity contribution in [3.05, 3.63) is 35.4 Å². The quantitative estimate of drug-likeness (QED) is 0.715. The molecule has 19 heavy (non-hydrogen) atoms. The lowest BCUT2D eigenvalue weighted by Gasteiger charge is -2.11. The fourth-order valence-electron chi connectivity index (χ4n) is 1.77. The standard InChI is InChI=1S/C14H19F2NO2/c1-10(5-6-13(18)19)7-8-17-9-11-3-2-4-12(15)14(11)16/h2-4,10,17H,5-9H2,1H3,(H,18,19). The van der Waals surface area contributed by atoms with Crippen LogP contribution < -0.4 is 5.32 Å². The second-order valence-corrected chi connectivity index (χ2v) is 4.72. The predicted octanol–water partition coefficient (Wildman–Crippen LogP) is 2.95. The van der Waals surface area contributed by atoms with Gasteiger partial charge in [0.2, 0.25) is 0 Å². The number of carboxylic acids is 1. The van der Waals surface area contributed by atoms with Gasteiger partial charge in [-0.25, -0.2) is 8.78 Å². The zero-order valence-electron chi connectivity index (χ0n) is 11.0. The van der Waals surface area contributed by atoms with E-state index in [1.807, 2.05) is 6.92 Å². The Kier molecular flexibility index (Phi) is 6.42. The van der Waals surface area contributed by atoms with Crippen molar-refractivity contribution in [3.63, 3.8) is 0 Å². The van der Waals surface area contributed by atoms with Crippen molar-refractivity contribution in [2.75, 3.05) is 6.54 Å². The summed E-state index contributed by atoms with van der Waals surface area (Å²) in [4.78, 5) is 10.4. The Labute approximate surface area is 111 Å². The van der Waals surface area contributed by atoms with E-state index in [2.05, 4.69) is 5.32 Å². The van der Waals surface area contributed by atoms with Gasteiger partial charge in [-0.15, -0.1) is 0 Å². The van der Waals surface area contributed by atoms with Crippen LogP contribution in [0.5, 0.6) is 0 Å². The molecule has 0 aromatic heterocycles. The third-order valence-electron chi connectivity index (χ3n) is 3.01. The zero-order valence-corrected chi connectivity index (χ0v) is 11.0. The molecular formula is C14H19F2NO2. The maximum absolute atomic E-state index is 13.3.